The van der Waals surface area contributed by atoms with Crippen molar-refractivity contribution in [3.05, 3.63) is 0 Å². The van der Waals surface area contributed by atoms with Crippen LogP contribution in [0.5, 0.6) is 0 Å². The van der Waals surface area contributed by atoms with Crippen molar-refractivity contribution in [2.45, 2.75) is 46.0 Å². The van der Waals surface area contributed by atoms with Crippen LogP contribution in [0, 0.1) is 51.8 Å². The van der Waals surface area contributed by atoms with Crippen LogP contribution in [0.1, 0.15) is 46.0 Å². The normalized spacial score (nSPS) is 84.4. The summed E-state index contributed by atoms with van der Waals surface area (Å²) in [7, 11) is 0. The van der Waals surface area contributed by atoms with Gasteiger partial charge < -0.3 is 0 Å². The van der Waals surface area contributed by atoms with Gasteiger partial charge in [-0.05, 0) is 83.9 Å². The summed E-state index contributed by atoms with van der Waals surface area (Å²) in [6.07, 6.45) is 8.20. The van der Waals surface area contributed by atoms with Gasteiger partial charge in [-0.15, -0.1) is 0 Å². The van der Waals surface area contributed by atoms with E-state index in [1.807, 2.05) is 0 Å². The van der Waals surface area contributed by atoms with Gasteiger partial charge in [-0.2, -0.15) is 0 Å². The molecule has 0 aromatic carbocycles. The fourth-order valence-corrected chi connectivity index (χ4v) is 9.17. The molecular formula is C16H22. The summed E-state index contributed by atoms with van der Waals surface area (Å²) in [6, 6.07) is 0. The molecule has 0 aliphatic heterocycles. The lowest BCUT2D eigenvalue weighted by Gasteiger charge is -2.69. The molecule has 0 nitrogen and oxygen atoms in total. The highest BCUT2D eigenvalue weighted by molar-refractivity contribution is 5.44. The molecule has 0 saturated heterocycles. The maximum Gasteiger partial charge on any atom is -0.0147 e. The predicted molar refractivity (Wildman–Crippen MR) is 62.7 cm³/mol. The van der Waals surface area contributed by atoms with Gasteiger partial charge in [0.25, 0.3) is 0 Å². The van der Waals surface area contributed by atoms with Crippen LogP contribution in [-0.4, -0.2) is 0 Å². The first kappa shape index (κ1) is 8.16. The Balaban J connectivity index is 1.71. The Hall–Kier alpha value is 0. The SMILES string of the molecule is C[C@@H]1[C@@H]2CC[C@]13C[C@@H](C)[C@@]21C2C[C@@H]2[C@]12CC32. The van der Waals surface area contributed by atoms with Crippen molar-refractivity contribution in [1.82, 2.24) is 0 Å². The summed E-state index contributed by atoms with van der Waals surface area (Å²) in [4.78, 5) is 0. The Kier molecular flexibility index (Phi) is 0.892. The summed E-state index contributed by atoms with van der Waals surface area (Å²) < 4.78 is 0. The Morgan fingerprint density at radius 1 is 1.00 bits per heavy atom. The Morgan fingerprint density at radius 2 is 1.88 bits per heavy atom. The molecule has 0 radical (unpaired) electrons. The summed E-state index contributed by atoms with van der Waals surface area (Å²) in [5.74, 6) is 7.04. The maximum absolute atomic E-state index is 2.64. The molecule has 0 aromatic heterocycles. The molecule has 16 heavy (non-hydrogen) atoms. The van der Waals surface area contributed by atoms with E-state index in [9.17, 15) is 0 Å². The monoisotopic (exact) mass is 214 g/mol. The molecule has 7 saturated carbocycles. The van der Waals surface area contributed by atoms with Gasteiger partial charge in [-0.3, -0.25) is 0 Å². The fourth-order valence-electron chi connectivity index (χ4n) is 9.17. The number of hydrogen-bond donors (Lipinski definition) is 0. The molecule has 0 aromatic rings. The molecular weight excluding hydrogens is 192 g/mol. The first-order chi connectivity index (χ1) is 7.69. The van der Waals surface area contributed by atoms with Gasteiger partial charge >= 0.3 is 0 Å². The molecule has 0 heterocycles. The van der Waals surface area contributed by atoms with Crippen LogP contribution in [0.25, 0.3) is 0 Å². The van der Waals surface area contributed by atoms with E-state index in [2.05, 4.69) is 13.8 Å². The molecule has 0 amide bonds. The summed E-state index contributed by atoms with van der Waals surface area (Å²) >= 11 is 0. The first-order valence-corrected chi connectivity index (χ1v) is 7.69. The molecule has 0 N–H and O–H groups in total. The van der Waals surface area contributed by atoms with Crippen molar-refractivity contribution in [2.75, 3.05) is 0 Å². The van der Waals surface area contributed by atoms with Crippen LogP contribution < -0.4 is 0 Å². The second-order valence-electron chi connectivity index (χ2n) is 8.45. The molecule has 86 valence electrons. The lowest BCUT2D eigenvalue weighted by Crippen LogP contribution is -2.65. The van der Waals surface area contributed by atoms with Gasteiger partial charge in [0.05, 0.1) is 0 Å². The smallest absolute Gasteiger partial charge is 0.0147 e. The first-order valence-electron chi connectivity index (χ1n) is 7.69. The highest BCUT2D eigenvalue weighted by atomic mass is 15.0. The summed E-state index contributed by atoms with van der Waals surface area (Å²) in [5, 5.41) is 0. The highest BCUT2D eigenvalue weighted by Crippen LogP contribution is 3.02. The second-order valence-corrected chi connectivity index (χ2v) is 8.45. The van der Waals surface area contributed by atoms with Gasteiger partial charge in [-0.25, -0.2) is 0 Å². The minimum atomic E-state index is 0.861. The zero-order valence-electron chi connectivity index (χ0n) is 10.5. The van der Waals surface area contributed by atoms with Crippen molar-refractivity contribution in [3.8, 4) is 0 Å². The van der Waals surface area contributed by atoms with E-state index in [0.29, 0.717) is 0 Å². The van der Waals surface area contributed by atoms with Crippen LogP contribution in [0.2, 0.25) is 0 Å². The van der Waals surface area contributed by atoms with E-state index in [4.69, 9.17) is 0 Å². The van der Waals surface area contributed by atoms with E-state index in [1.54, 1.807) is 32.1 Å². The average Bonchev–Trinajstić information content (AvgIpc) is 3.09. The lowest BCUT2D eigenvalue weighted by molar-refractivity contribution is -0.226. The van der Waals surface area contributed by atoms with E-state index in [0.717, 1.165) is 28.1 Å². The van der Waals surface area contributed by atoms with Crippen molar-refractivity contribution in [2.24, 2.45) is 51.8 Å². The lowest BCUT2D eigenvalue weighted by atomic mass is 9.35. The largest absolute Gasteiger partial charge is 0.0619 e. The van der Waals surface area contributed by atoms with Crippen molar-refractivity contribution in [1.29, 1.82) is 0 Å². The zero-order chi connectivity index (χ0) is 10.5. The highest BCUT2D eigenvalue weighted by Gasteiger charge is 2.97. The molecule has 7 aliphatic rings. The molecule has 9 atom stereocenters. The Bertz CT molecular complexity index is 439. The number of rotatable bonds is 0. The third kappa shape index (κ3) is 0.421. The quantitative estimate of drug-likeness (QED) is 0.576. The summed E-state index contributed by atoms with van der Waals surface area (Å²) in [6.45, 7) is 5.28. The molecule has 0 heteroatoms. The zero-order valence-corrected chi connectivity index (χ0v) is 10.5. The van der Waals surface area contributed by atoms with Crippen LogP contribution in [0.4, 0.5) is 0 Å². The van der Waals surface area contributed by atoms with Gasteiger partial charge in [0.1, 0.15) is 0 Å². The second kappa shape index (κ2) is 1.75. The fraction of sp³-hybridized carbons (Fsp3) is 1.00. The van der Waals surface area contributed by atoms with Gasteiger partial charge in [0.2, 0.25) is 0 Å². The molecule has 7 aliphatic carbocycles. The van der Waals surface area contributed by atoms with Gasteiger partial charge in [0.15, 0.2) is 0 Å². The van der Waals surface area contributed by atoms with Crippen molar-refractivity contribution < 1.29 is 0 Å². The maximum atomic E-state index is 2.64. The van der Waals surface area contributed by atoms with Crippen molar-refractivity contribution >= 4 is 0 Å². The standard InChI is InChI=1S/C16H22/c1-8-6-14-4-3-10(9(14)2)16(8)12-5-11(12)15(16)7-13(14)15/h8-13H,3-7H2,1-2H3/t8-,9-,10+,11+,12?,13?,14+,15+,16+/m1/s1. The minimum absolute atomic E-state index is 0.861. The Labute approximate surface area is 98.2 Å². The van der Waals surface area contributed by atoms with E-state index >= 15 is 0 Å². The van der Waals surface area contributed by atoms with Crippen LogP contribution in [0.15, 0.2) is 0 Å². The number of fused-ring (bicyclic) bond motifs is 2. The van der Waals surface area contributed by atoms with Crippen LogP contribution in [0.3, 0.4) is 0 Å². The van der Waals surface area contributed by atoms with Gasteiger partial charge in [0, 0.05) is 0 Å². The molecule has 2 unspecified atom stereocenters. The molecule has 3 spiro atoms. The minimum Gasteiger partial charge on any atom is -0.0619 e. The summed E-state index contributed by atoms with van der Waals surface area (Å²) in [5.41, 5.74) is 2.72. The van der Waals surface area contributed by atoms with E-state index in [1.165, 1.54) is 23.7 Å². The Morgan fingerprint density at radius 3 is 2.75 bits per heavy atom. The van der Waals surface area contributed by atoms with E-state index < -0.39 is 0 Å². The third-order valence-electron chi connectivity index (χ3n) is 9.12. The average molecular weight is 214 g/mol. The van der Waals surface area contributed by atoms with Crippen LogP contribution >= 0.6 is 0 Å². The van der Waals surface area contributed by atoms with E-state index in [-0.39, 0.29) is 0 Å². The van der Waals surface area contributed by atoms with Crippen LogP contribution in [-0.2, 0) is 0 Å². The van der Waals surface area contributed by atoms with Crippen molar-refractivity contribution in [3.63, 3.8) is 0 Å². The topological polar surface area (TPSA) is 0 Å². The molecule has 7 rings (SSSR count). The third-order valence-corrected chi connectivity index (χ3v) is 9.12. The molecule has 3 bridgehead atoms. The predicted octanol–water partition coefficient (Wildman–Crippen LogP) is 3.71. The molecule has 7 fully saturated rings. The van der Waals surface area contributed by atoms with Gasteiger partial charge in [-0.1, -0.05) is 13.8 Å². The number of hydrogen-bond acceptors (Lipinski definition) is 0.